The Morgan fingerprint density at radius 3 is 2.59 bits per heavy atom. The number of hydrogen-bond acceptors (Lipinski definition) is 5. The van der Waals surface area contributed by atoms with Crippen LogP contribution in [-0.2, 0) is 11.2 Å². The van der Waals surface area contributed by atoms with E-state index in [0.29, 0.717) is 18.1 Å². The lowest BCUT2D eigenvalue weighted by Gasteiger charge is -2.32. The minimum absolute atomic E-state index is 0.209. The van der Waals surface area contributed by atoms with Gasteiger partial charge in [0, 0.05) is 12.5 Å². The summed E-state index contributed by atoms with van der Waals surface area (Å²) in [5.74, 6) is 1.98. The summed E-state index contributed by atoms with van der Waals surface area (Å²) in [6.07, 6.45) is 3.46. The Morgan fingerprint density at radius 2 is 1.89 bits per heavy atom. The third-order valence-electron chi connectivity index (χ3n) is 5.46. The van der Waals surface area contributed by atoms with Crippen LogP contribution in [0.2, 0.25) is 0 Å². The molecule has 0 fully saturated rings. The second kappa shape index (κ2) is 7.61. The Bertz CT molecular complexity index is 822. The van der Waals surface area contributed by atoms with E-state index in [1.54, 1.807) is 0 Å². The Morgan fingerprint density at radius 1 is 1.15 bits per heavy atom. The fourth-order valence-electron chi connectivity index (χ4n) is 4.04. The number of hydrogen-bond donors (Lipinski definition) is 1. The molecule has 0 bridgehead atoms. The number of para-hydroxylation sites is 1. The summed E-state index contributed by atoms with van der Waals surface area (Å²) in [5.41, 5.74) is 6.47. The average molecular weight is 366 g/mol. The van der Waals surface area contributed by atoms with Crippen LogP contribution in [0.3, 0.4) is 0 Å². The normalized spacial score (nSPS) is 19.6. The van der Waals surface area contributed by atoms with Gasteiger partial charge in [-0.3, -0.25) is 9.80 Å². The Hall–Kier alpha value is -2.53. The van der Waals surface area contributed by atoms with Gasteiger partial charge in [-0.15, -0.1) is 0 Å². The van der Waals surface area contributed by atoms with Crippen LogP contribution < -0.4 is 19.9 Å². The van der Waals surface area contributed by atoms with Crippen molar-refractivity contribution in [3.05, 3.63) is 48.0 Å². The van der Waals surface area contributed by atoms with Crippen LogP contribution in [0.4, 0.5) is 11.4 Å². The van der Waals surface area contributed by atoms with Gasteiger partial charge in [-0.05, 0) is 36.1 Å². The van der Waals surface area contributed by atoms with E-state index in [4.69, 9.17) is 9.47 Å². The van der Waals surface area contributed by atoms with Gasteiger partial charge < -0.3 is 9.47 Å². The highest BCUT2D eigenvalue weighted by Gasteiger charge is 2.34. The van der Waals surface area contributed by atoms with Crippen molar-refractivity contribution in [1.29, 1.82) is 0 Å². The molecule has 0 amide bonds. The third kappa shape index (κ3) is 3.39. The smallest absolute Gasteiger partial charge is 0.231 e. The first-order chi connectivity index (χ1) is 13.2. The summed E-state index contributed by atoms with van der Waals surface area (Å²) in [6, 6.07) is 13.8. The Kier molecular flexibility index (Phi) is 5.03. The molecule has 1 N–H and O–H groups in total. The van der Waals surface area contributed by atoms with Crippen LogP contribution in [0.1, 0.15) is 38.7 Å². The van der Waals surface area contributed by atoms with Crippen LogP contribution in [0.5, 0.6) is 11.5 Å². The summed E-state index contributed by atoms with van der Waals surface area (Å²) in [6.45, 7) is 4.56. The molecule has 0 saturated heterocycles. The zero-order valence-corrected chi connectivity index (χ0v) is 15.9. The number of anilines is 2. The number of fused-ring (bicyclic) bond motifs is 2. The van der Waals surface area contributed by atoms with E-state index in [1.165, 1.54) is 0 Å². The summed E-state index contributed by atoms with van der Waals surface area (Å²) in [7, 11) is 0. The second-order valence-corrected chi connectivity index (χ2v) is 7.21. The highest BCUT2D eigenvalue weighted by atomic mass is 16.7. The van der Waals surface area contributed by atoms with Gasteiger partial charge in [-0.1, -0.05) is 44.9 Å². The molecule has 2 aliphatic rings. The molecule has 2 aromatic carbocycles. The maximum absolute atomic E-state index is 13.2. The largest absolute Gasteiger partial charge is 0.454 e. The van der Waals surface area contributed by atoms with Crippen molar-refractivity contribution in [2.24, 2.45) is 5.92 Å². The highest BCUT2D eigenvalue weighted by Crippen LogP contribution is 2.41. The molecule has 5 nitrogen and oxygen atoms in total. The molecule has 0 saturated carbocycles. The monoisotopic (exact) mass is 366 g/mol. The predicted octanol–water partition coefficient (Wildman–Crippen LogP) is 4.38. The molecule has 4 rings (SSSR count). The molecule has 2 atom stereocenters. The number of hydrazine groups is 1. The lowest BCUT2D eigenvalue weighted by atomic mass is 9.88. The molecule has 2 unspecified atom stereocenters. The number of nitrogens with one attached hydrogen (secondary N) is 1. The molecular weight excluding hydrogens is 340 g/mol. The second-order valence-electron chi connectivity index (χ2n) is 7.21. The van der Waals surface area contributed by atoms with E-state index >= 15 is 0 Å². The van der Waals surface area contributed by atoms with E-state index in [2.05, 4.69) is 31.4 Å². The van der Waals surface area contributed by atoms with Crippen LogP contribution in [0, 0.1) is 5.92 Å². The van der Waals surface area contributed by atoms with Gasteiger partial charge in [0.05, 0.1) is 17.4 Å². The van der Waals surface area contributed by atoms with Crippen molar-refractivity contribution in [1.82, 2.24) is 5.43 Å². The van der Waals surface area contributed by atoms with E-state index in [-0.39, 0.29) is 18.6 Å². The standard InChI is InChI=1S/C22H26N2O3/c1-3-8-15(4-2)22-19(25)11-16-12-20-21(27-14-26-20)13-18(16)24(23-22)17-9-6-5-7-10-17/h5-7,9-10,12-13,15,22-23H,3-4,8,11,14H2,1-2H3. The number of carbonyl (C=O) groups excluding carboxylic acids is 1. The number of rotatable bonds is 5. The molecule has 2 aromatic rings. The van der Waals surface area contributed by atoms with Crippen molar-refractivity contribution in [2.45, 2.75) is 45.6 Å². The van der Waals surface area contributed by atoms with E-state index < -0.39 is 0 Å². The molecule has 27 heavy (non-hydrogen) atoms. The molecule has 0 aromatic heterocycles. The van der Waals surface area contributed by atoms with E-state index in [0.717, 1.165) is 42.0 Å². The van der Waals surface area contributed by atoms with Gasteiger partial charge >= 0.3 is 0 Å². The fraction of sp³-hybridized carbons (Fsp3) is 0.409. The van der Waals surface area contributed by atoms with Crippen LogP contribution in [0.15, 0.2) is 42.5 Å². The summed E-state index contributed by atoms with van der Waals surface area (Å²) < 4.78 is 11.1. The number of ketones is 1. The lowest BCUT2D eigenvalue weighted by Crippen LogP contribution is -2.49. The van der Waals surface area contributed by atoms with Gasteiger partial charge in [0.15, 0.2) is 17.3 Å². The van der Waals surface area contributed by atoms with Crippen LogP contribution >= 0.6 is 0 Å². The first-order valence-corrected chi connectivity index (χ1v) is 9.77. The lowest BCUT2D eigenvalue weighted by molar-refractivity contribution is -0.121. The zero-order valence-electron chi connectivity index (χ0n) is 15.9. The molecule has 5 heteroatoms. The van der Waals surface area contributed by atoms with Gasteiger partial charge in [-0.2, -0.15) is 0 Å². The number of ether oxygens (including phenoxy) is 2. The first-order valence-electron chi connectivity index (χ1n) is 9.77. The highest BCUT2D eigenvalue weighted by molar-refractivity contribution is 5.90. The third-order valence-corrected chi connectivity index (χ3v) is 5.46. The van der Waals surface area contributed by atoms with Crippen molar-refractivity contribution in [3.8, 4) is 11.5 Å². The van der Waals surface area contributed by atoms with Crippen LogP contribution in [0.25, 0.3) is 0 Å². The Balaban J connectivity index is 1.79. The predicted molar refractivity (Wildman–Crippen MR) is 105 cm³/mol. The molecular formula is C22H26N2O3. The maximum atomic E-state index is 13.2. The molecule has 0 spiro atoms. The maximum Gasteiger partial charge on any atom is 0.231 e. The van der Waals surface area contributed by atoms with Crippen LogP contribution in [-0.4, -0.2) is 18.6 Å². The molecule has 2 heterocycles. The van der Waals surface area contributed by atoms with Gasteiger partial charge in [0.25, 0.3) is 0 Å². The molecule has 0 aliphatic carbocycles. The van der Waals surface area contributed by atoms with Crippen molar-refractivity contribution in [2.75, 3.05) is 11.8 Å². The number of benzene rings is 2. The van der Waals surface area contributed by atoms with E-state index in [9.17, 15) is 4.79 Å². The average Bonchev–Trinajstić information content (AvgIpc) is 3.09. The summed E-state index contributed by atoms with van der Waals surface area (Å²) in [4.78, 5) is 13.2. The quantitative estimate of drug-likeness (QED) is 0.851. The fourth-order valence-corrected chi connectivity index (χ4v) is 4.04. The molecule has 2 aliphatic heterocycles. The first kappa shape index (κ1) is 17.9. The van der Waals surface area contributed by atoms with E-state index in [1.807, 2.05) is 35.3 Å². The summed E-state index contributed by atoms with van der Waals surface area (Å²) in [5, 5.41) is 2.05. The van der Waals surface area contributed by atoms with Gasteiger partial charge in [0.1, 0.15) is 0 Å². The topological polar surface area (TPSA) is 50.8 Å². The van der Waals surface area contributed by atoms with Crippen molar-refractivity contribution >= 4 is 17.2 Å². The molecule has 0 radical (unpaired) electrons. The van der Waals surface area contributed by atoms with Crippen molar-refractivity contribution < 1.29 is 14.3 Å². The SMILES string of the molecule is CCCC(CC)C1NN(c2ccccc2)c2cc3c(cc2CC1=O)OCO3. The minimum Gasteiger partial charge on any atom is -0.454 e. The number of nitrogens with zero attached hydrogens (tertiary/aromatic N) is 1. The minimum atomic E-state index is -0.209. The van der Waals surface area contributed by atoms with Gasteiger partial charge in [0.2, 0.25) is 6.79 Å². The van der Waals surface area contributed by atoms with Gasteiger partial charge in [-0.25, -0.2) is 5.43 Å². The number of carbonyl (C=O) groups is 1. The Labute approximate surface area is 160 Å². The summed E-state index contributed by atoms with van der Waals surface area (Å²) >= 11 is 0. The molecule has 142 valence electrons. The van der Waals surface area contributed by atoms with Crippen molar-refractivity contribution in [3.63, 3.8) is 0 Å². The zero-order chi connectivity index (χ0) is 18.8. The number of Topliss-reactive ketones (excluding diaryl/α,β-unsaturated/α-hetero) is 1.